The van der Waals surface area contributed by atoms with Crippen molar-refractivity contribution >= 4 is 17.4 Å². The lowest BCUT2D eigenvalue weighted by molar-refractivity contribution is 0.0932. The SMILES string of the molecule is CC(=NCCc1ccc(F)cc1)Nc1ccc2c(c1)[C@H](NC(=O)c1ccc(-c3ccccc3)cc1F)CC2. The van der Waals surface area contributed by atoms with Gasteiger partial charge in [0.25, 0.3) is 5.91 Å². The molecule has 1 aliphatic rings. The highest BCUT2D eigenvalue weighted by Crippen LogP contribution is 2.33. The summed E-state index contributed by atoms with van der Waals surface area (Å²) in [7, 11) is 0. The number of hydrogen-bond acceptors (Lipinski definition) is 2. The molecule has 0 bridgehead atoms. The van der Waals surface area contributed by atoms with Gasteiger partial charge in [-0.3, -0.25) is 9.79 Å². The van der Waals surface area contributed by atoms with Crippen LogP contribution in [0, 0.1) is 11.6 Å². The van der Waals surface area contributed by atoms with Crippen LogP contribution in [0.1, 0.15) is 46.4 Å². The normalized spacial score (nSPS) is 14.7. The maximum Gasteiger partial charge on any atom is 0.254 e. The van der Waals surface area contributed by atoms with Crippen LogP contribution in [0.25, 0.3) is 11.1 Å². The van der Waals surface area contributed by atoms with Gasteiger partial charge < -0.3 is 10.6 Å². The van der Waals surface area contributed by atoms with Crippen molar-refractivity contribution in [2.24, 2.45) is 4.99 Å². The molecule has 0 saturated carbocycles. The Labute approximate surface area is 221 Å². The summed E-state index contributed by atoms with van der Waals surface area (Å²) in [6, 6.07) is 26.6. The van der Waals surface area contributed by atoms with Gasteiger partial charge in [0.15, 0.2) is 0 Å². The van der Waals surface area contributed by atoms with Gasteiger partial charge in [-0.25, -0.2) is 8.78 Å². The lowest BCUT2D eigenvalue weighted by Gasteiger charge is -2.16. The number of nitrogens with one attached hydrogen (secondary N) is 2. The minimum absolute atomic E-state index is 0.0385. The van der Waals surface area contributed by atoms with Crippen LogP contribution < -0.4 is 10.6 Å². The second-order valence-electron chi connectivity index (χ2n) is 9.51. The van der Waals surface area contributed by atoms with Gasteiger partial charge in [0.2, 0.25) is 0 Å². The Morgan fingerprint density at radius 1 is 0.921 bits per heavy atom. The molecule has 192 valence electrons. The van der Waals surface area contributed by atoms with Crippen LogP contribution in [0.5, 0.6) is 0 Å². The smallest absolute Gasteiger partial charge is 0.254 e. The number of amides is 1. The quantitative estimate of drug-likeness (QED) is 0.206. The molecule has 1 aliphatic carbocycles. The molecule has 0 aromatic heterocycles. The highest BCUT2D eigenvalue weighted by atomic mass is 19.1. The van der Waals surface area contributed by atoms with Gasteiger partial charge in [-0.2, -0.15) is 0 Å². The summed E-state index contributed by atoms with van der Waals surface area (Å²) < 4.78 is 28.0. The molecule has 0 fully saturated rings. The molecular weight excluding hydrogens is 480 g/mol. The number of fused-ring (bicyclic) bond motifs is 1. The second-order valence-corrected chi connectivity index (χ2v) is 9.51. The van der Waals surface area contributed by atoms with Gasteiger partial charge in [-0.1, -0.05) is 54.6 Å². The van der Waals surface area contributed by atoms with E-state index >= 15 is 0 Å². The Morgan fingerprint density at radius 3 is 2.47 bits per heavy atom. The van der Waals surface area contributed by atoms with Crippen molar-refractivity contribution in [1.82, 2.24) is 5.32 Å². The van der Waals surface area contributed by atoms with E-state index in [0.29, 0.717) is 6.54 Å². The summed E-state index contributed by atoms with van der Waals surface area (Å²) in [5.74, 6) is -0.430. The van der Waals surface area contributed by atoms with Crippen molar-refractivity contribution in [2.45, 2.75) is 32.2 Å². The van der Waals surface area contributed by atoms with E-state index in [0.717, 1.165) is 53.0 Å². The van der Waals surface area contributed by atoms with Crippen LogP contribution in [0.15, 0.2) is 96.0 Å². The van der Waals surface area contributed by atoms with Crippen molar-refractivity contribution in [2.75, 3.05) is 11.9 Å². The number of hydrogen-bond donors (Lipinski definition) is 2. The first-order chi connectivity index (χ1) is 18.5. The highest BCUT2D eigenvalue weighted by Gasteiger charge is 2.26. The molecule has 0 unspecified atom stereocenters. The van der Waals surface area contributed by atoms with Gasteiger partial charge in [0.1, 0.15) is 11.6 Å². The number of halogens is 2. The average molecular weight is 510 g/mol. The van der Waals surface area contributed by atoms with E-state index in [2.05, 4.69) is 21.7 Å². The minimum Gasteiger partial charge on any atom is -0.345 e. The lowest BCUT2D eigenvalue weighted by Crippen LogP contribution is -2.28. The molecule has 0 aliphatic heterocycles. The average Bonchev–Trinajstić information content (AvgIpc) is 3.32. The molecule has 5 rings (SSSR count). The van der Waals surface area contributed by atoms with Gasteiger partial charge >= 0.3 is 0 Å². The number of nitrogens with zero attached hydrogens (tertiary/aromatic N) is 1. The molecule has 6 heteroatoms. The van der Waals surface area contributed by atoms with Crippen molar-refractivity contribution in [3.05, 3.63) is 125 Å². The number of aliphatic imine (C=N–C) groups is 1. The summed E-state index contributed by atoms with van der Waals surface area (Å²) in [6.07, 6.45) is 2.33. The molecule has 2 N–H and O–H groups in total. The van der Waals surface area contributed by atoms with Gasteiger partial charge in [0.05, 0.1) is 17.4 Å². The Bertz CT molecular complexity index is 1470. The Morgan fingerprint density at radius 2 is 1.71 bits per heavy atom. The fourth-order valence-electron chi connectivity index (χ4n) is 4.83. The first-order valence-electron chi connectivity index (χ1n) is 12.8. The molecule has 4 nitrogen and oxygen atoms in total. The topological polar surface area (TPSA) is 53.5 Å². The fourth-order valence-corrected chi connectivity index (χ4v) is 4.83. The Kier molecular flexibility index (Phi) is 7.59. The van der Waals surface area contributed by atoms with Crippen LogP contribution >= 0.6 is 0 Å². The molecule has 0 heterocycles. The predicted molar refractivity (Wildman–Crippen MR) is 149 cm³/mol. The standard InChI is InChI=1S/C32H29F2N3O/c1-21(35-18-17-22-7-12-26(33)13-8-22)36-27-14-9-24-11-16-31(29(24)20-27)37-32(38)28-15-10-25(19-30(28)34)23-5-3-2-4-6-23/h2-10,12-15,19-20,31H,11,16-18H2,1H3,(H,35,36)(H,37,38)/t31-/m1/s1. The lowest BCUT2D eigenvalue weighted by atomic mass is 10.0. The third-order valence-corrected chi connectivity index (χ3v) is 6.84. The van der Waals surface area contributed by atoms with Crippen molar-refractivity contribution < 1.29 is 13.6 Å². The number of benzene rings is 4. The largest absolute Gasteiger partial charge is 0.345 e. The van der Waals surface area contributed by atoms with Crippen molar-refractivity contribution in [1.29, 1.82) is 0 Å². The Balaban J connectivity index is 1.23. The zero-order chi connectivity index (χ0) is 26.5. The van der Waals surface area contributed by atoms with E-state index in [-0.39, 0.29) is 17.4 Å². The first-order valence-corrected chi connectivity index (χ1v) is 12.8. The number of anilines is 1. The molecular formula is C32H29F2N3O. The number of amidine groups is 1. The van der Waals surface area contributed by atoms with E-state index in [1.54, 1.807) is 24.3 Å². The number of carbonyl (C=O) groups excluding carboxylic acids is 1. The number of rotatable bonds is 7. The minimum atomic E-state index is -0.537. The van der Waals surface area contributed by atoms with Crippen molar-refractivity contribution in [3.8, 4) is 11.1 Å². The summed E-state index contributed by atoms with van der Waals surface area (Å²) >= 11 is 0. The van der Waals surface area contributed by atoms with Crippen molar-refractivity contribution in [3.63, 3.8) is 0 Å². The maximum absolute atomic E-state index is 14.9. The summed E-state index contributed by atoms with van der Waals surface area (Å²) in [5.41, 5.74) is 5.79. The van der Waals surface area contributed by atoms with E-state index in [1.165, 1.54) is 23.8 Å². The monoisotopic (exact) mass is 509 g/mol. The molecule has 0 saturated heterocycles. The second kappa shape index (κ2) is 11.4. The molecule has 4 aromatic carbocycles. The molecule has 1 atom stereocenters. The van der Waals surface area contributed by atoms with Crippen LogP contribution in [-0.4, -0.2) is 18.3 Å². The molecule has 0 radical (unpaired) electrons. The molecule has 1 amide bonds. The highest BCUT2D eigenvalue weighted by molar-refractivity contribution is 5.96. The Hall–Kier alpha value is -4.32. The molecule has 38 heavy (non-hydrogen) atoms. The summed E-state index contributed by atoms with van der Waals surface area (Å²) in [5, 5.41) is 6.35. The van der Waals surface area contributed by atoms with E-state index < -0.39 is 11.7 Å². The fraction of sp³-hybridized carbons (Fsp3) is 0.188. The summed E-state index contributed by atoms with van der Waals surface area (Å²) in [6.45, 7) is 2.49. The van der Waals surface area contributed by atoms with Gasteiger partial charge in [-0.05, 0) is 90.4 Å². The molecule has 0 spiro atoms. The first kappa shape index (κ1) is 25.3. The predicted octanol–water partition coefficient (Wildman–Crippen LogP) is 7.12. The van der Waals surface area contributed by atoms with Crippen LogP contribution in [0.4, 0.5) is 14.5 Å². The number of carbonyl (C=O) groups is 1. The van der Waals surface area contributed by atoms with E-state index in [1.807, 2.05) is 49.4 Å². The third-order valence-electron chi connectivity index (χ3n) is 6.84. The maximum atomic E-state index is 14.9. The van der Waals surface area contributed by atoms with Crippen LogP contribution in [-0.2, 0) is 12.8 Å². The van der Waals surface area contributed by atoms with Gasteiger partial charge in [0, 0.05) is 12.2 Å². The number of aryl methyl sites for hydroxylation is 1. The molecule has 4 aromatic rings. The van der Waals surface area contributed by atoms with Crippen LogP contribution in [0.3, 0.4) is 0 Å². The zero-order valence-electron chi connectivity index (χ0n) is 21.2. The third kappa shape index (κ3) is 5.97. The van der Waals surface area contributed by atoms with Gasteiger partial charge in [-0.15, -0.1) is 0 Å². The van der Waals surface area contributed by atoms with Crippen LogP contribution in [0.2, 0.25) is 0 Å². The summed E-state index contributed by atoms with van der Waals surface area (Å²) in [4.78, 5) is 17.6. The van der Waals surface area contributed by atoms with E-state index in [9.17, 15) is 13.6 Å². The van der Waals surface area contributed by atoms with E-state index in [4.69, 9.17) is 0 Å². The zero-order valence-corrected chi connectivity index (χ0v) is 21.2.